The minimum atomic E-state index is -0.798. The second-order valence-electron chi connectivity index (χ2n) is 7.41. The molecule has 0 atom stereocenters. The minimum absolute atomic E-state index is 0. The molecular formula is C22H30F2IN5. The first-order chi connectivity index (χ1) is 14.0. The zero-order valence-electron chi connectivity index (χ0n) is 17.5. The van der Waals surface area contributed by atoms with E-state index in [0.717, 1.165) is 55.3 Å². The van der Waals surface area contributed by atoms with Crippen molar-refractivity contribution in [1.82, 2.24) is 20.5 Å². The number of benzene rings is 1. The maximum absolute atomic E-state index is 13.4. The molecule has 0 amide bonds. The van der Waals surface area contributed by atoms with Crippen LogP contribution in [0.4, 0.5) is 8.78 Å². The second-order valence-corrected chi connectivity index (χ2v) is 7.41. The van der Waals surface area contributed by atoms with E-state index in [1.54, 1.807) is 12.3 Å². The third kappa shape index (κ3) is 7.16. The number of guanidine groups is 1. The van der Waals surface area contributed by atoms with Gasteiger partial charge in [0.05, 0.1) is 12.2 Å². The van der Waals surface area contributed by atoms with Crippen LogP contribution in [0.1, 0.15) is 36.6 Å². The fraction of sp³-hybridized carbons (Fsp3) is 0.455. The summed E-state index contributed by atoms with van der Waals surface area (Å²) in [5.74, 6) is -0.780. The molecule has 2 aromatic rings. The van der Waals surface area contributed by atoms with Crippen molar-refractivity contribution in [3.63, 3.8) is 0 Å². The van der Waals surface area contributed by atoms with Gasteiger partial charge in [0, 0.05) is 38.4 Å². The Morgan fingerprint density at radius 2 is 1.97 bits per heavy atom. The lowest BCUT2D eigenvalue weighted by Crippen LogP contribution is -2.48. The average Bonchev–Trinajstić information content (AvgIpc) is 2.71. The summed E-state index contributed by atoms with van der Waals surface area (Å²) in [6, 6.07) is 8.44. The smallest absolute Gasteiger partial charge is 0.191 e. The Morgan fingerprint density at radius 3 is 2.63 bits per heavy atom. The number of pyridine rings is 1. The number of rotatable bonds is 6. The largest absolute Gasteiger partial charge is 0.357 e. The highest BCUT2D eigenvalue weighted by molar-refractivity contribution is 14.0. The third-order valence-corrected chi connectivity index (χ3v) is 5.17. The number of nitrogens with zero attached hydrogens (tertiary/aromatic N) is 3. The Labute approximate surface area is 194 Å². The maximum atomic E-state index is 13.4. The van der Waals surface area contributed by atoms with Crippen LogP contribution < -0.4 is 10.6 Å². The third-order valence-electron chi connectivity index (χ3n) is 5.17. The van der Waals surface area contributed by atoms with Crippen molar-refractivity contribution in [3.8, 4) is 0 Å². The van der Waals surface area contributed by atoms with Gasteiger partial charge in [-0.05, 0) is 56.0 Å². The standard InChI is InChI=1S/C22H29F2N5.HI/c1-3-25-22(27-14-21-16(2)5-4-10-26-21)28-18-8-11-29(12-9-18)15-17-6-7-19(23)20(24)13-17;/h4-7,10,13,18H,3,8-9,11-12,14-15H2,1-2H3,(H2,25,27,28);1H. The normalized spacial score (nSPS) is 15.5. The first-order valence-electron chi connectivity index (χ1n) is 10.2. The first-order valence-corrected chi connectivity index (χ1v) is 10.2. The van der Waals surface area contributed by atoms with Crippen LogP contribution in [0.3, 0.4) is 0 Å². The van der Waals surface area contributed by atoms with E-state index in [4.69, 9.17) is 0 Å². The molecule has 164 valence electrons. The number of hydrogen-bond donors (Lipinski definition) is 2. The van der Waals surface area contributed by atoms with Crippen LogP contribution in [0.2, 0.25) is 0 Å². The SMILES string of the molecule is CCNC(=NCc1ncccc1C)NC1CCN(Cc2ccc(F)c(F)c2)CC1.I. The predicted octanol–water partition coefficient (Wildman–Crippen LogP) is 4.01. The molecule has 0 unspecified atom stereocenters. The average molecular weight is 529 g/mol. The number of nitrogens with one attached hydrogen (secondary N) is 2. The van der Waals surface area contributed by atoms with Crippen LogP contribution in [0.5, 0.6) is 0 Å². The lowest BCUT2D eigenvalue weighted by atomic mass is 10.0. The highest BCUT2D eigenvalue weighted by atomic mass is 127. The van der Waals surface area contributed by atoms with E-state index >= 15 is 0 Å². The first kappa shape index (κ1) is 24.5. The summed E-state index contributed by atoms with van der Waals surface area (Å²) in [5.41, 5.74) is 2.92. The van der Waals surface area contributed by atoms with E-state index in [9.17, 15) is 8.78 Å². The van der Waals surface area contributed by atoms with Gasteiger partial charge < -0.3 is 10.6 Å². The molecule has 0 radical (unpaired) electrons. The molecule has 0 bridgehead atoms. The number of halogens is 3. The number of likely N-dealkylation sites (tertiary alicyclic amines) is 1. The summed E-state index contributed by atoms with van der Waals surface area (Å²) < 4.78 is 26.5. The van der Waals surface area contributed by atoms with Gasteiger partial charge in [-0.25, -0.2) is 13.8 Å². The quantitative estimate of drug-likeness (QED) is 0.338. The van der Waals surface area contributed by atoms with Gasteiger partial charge >= 0.3 is 0 Å². The van der Waals surface area contributed by atoms with Crippen LogP contribution in [0.25, 0.3) is 0 Å². The number of piperidine rings is 1. The van der Waals surface area contributed by atoms with Gasteiger partial charge in [0.25, 0.3) is 0 Å². The monoisotopic (exact) mass is 529 g/mol. The lowest BCUT2D eigenvalue weighted by Gasteiger charge is -2.33. The molecule has 1 aliphatic rings. The zero-order valence-corrected chi connectivity index (χ0v) is 19.8. The van der Waals surface area contributed by atoms with Crippen molar-refractivity contribution in [2.24, 2.45) is 4.99 Å². The molecule has 1 aromatic heterocycles. The van der Waals surface area contributed by atoms with Crippen molar-refractivity contribution in [2.75, 3.05) is 19.6 Å². The van der Waals surface area contributed by atoms with Gasteiger partial charge in [-0.3, -0.25) is 9.88 Å². The van der Waals surface area contributed by atoms with Gasteiger partial charge in [0.15, 0.2) is 17.6 Å². The van der Waals surface area contributed by atoms with Crippen LogP contribution in [-0.4, -0.2) is 41.5 Å². The number of aryl methyl sites for hydroxylation is 1. The van der Waals surface area contributed by atoms with Gasteiger partial charge in [-0.15, -0.1) is 24.0 Å². The van der Waals surface area contributed by atoms with Crippen LogP contribution in [0.15, 0.2) is 41.5 Å². The molecule has 2 N–H and O–H groups in total. The molecule has 30 heavy (non-hydrogen) atoms. The molecule has 1 fully saturated rings. The summed E-state index contributed by atoms with van der Waals surface area (Å²) in [5, 5.41) is 6.82. The topological polar surface area (TPSA) is 52.6 Å². The second kappa shape index (κ2) is 12.1. The summed E-state index contributed by atoms with van der Waals surface area (Å²) >= 11 is 0. The minimum Gasteiger partial charge on any atom is -0.357 e. The van der Waals surface area contributed by atoms with E-state index in [-0.39, 0.29) is 24.0 Å². The summed E-state index contributed by atoms with van der Waals surface area (Å²) in [4.78, 5) is 11.4. The van der Waals surface area contributed by atoms with Gasteiger partial charge in [0.1, 0.15) is 0 Å². The zero-order chi connectivity index (χ0) is 20.6. The Morgan fingerprint density at radius 1 is 1.20 bits per heavy atom. The number of aromatic nitrogens is 1. The van der Waals surface area contributed by atoms with Crippen LogP contribution >= 0.6 is 24.0 Å². The molecule has 2 heterocycles. The highest BCUT2D eigenvalue weighted by Gasteiger charge is 2.20. The van der Waals surface area contributed by atoms with Crippen molar-refractivity contribution < 1.29 is 8.78 Å². The fourth-order valence-electron chi connectivity index (χ4n) is 3.48. The summed E-state index contributed by atoms with van der Waals surface area (Å²) in [6.45, 7) is 7.86. The Hall–Kier alpha value is -1.81. The van der Waals surface area contributed by atoms with Crippen molar-refractivity contribution in [3.05, 3.63) is 65.0 Å². The molecule has 3 rings (SSSR count). The fourth-order valence-corrected chi connectivity index (χ4v) is 3.48. The summed E-state index contributed by atoms with van der Waals surface area (Å²) in [6.07, 6.45) is 3.73. The predicted molar refractivity (Wildman–Crippen MR) is 127 cm³/mol. The van der Waals surface area contributed by atoms with E-state index in [1.807, 2.05) is 26.0 Å². The molecule has 5 nitrogen and oxygen atoms in total. The molecular weight excluding hydrogens is 499 g/mol. The van der Waals surface area contributed by atoms with Gasteiger partial charge in [-0.1, -0.05) is 12.1 Å². The Kier molecular flexibility index (Phi) is 9.90. The van der Waals surface area contributed by atoms with E-state index in [0.29, 0.717) is 19.1 Å². The number of aliphatic imine (C=N–C) groups is 1. The Bertz CT molecular complexity index is 838. The molecule has 1 aromatic carbocycles. The van der Waals surface area contributed by atoms with Crippen molar-refractivity contribution in [2.45, 2.75) is 45.8 Å². The molecule has 1 aliphatic heterocycles. The van der Waals surface area contributed by atoms with Gasteiger partial charge in [-0.2, -0.15) is 0 Å². The van der Waals surface area contributed by atoms with Crippen molar-refractivity contribution in [1.29, 1.82) is 0 Å². The maximum Gasteiger partial charge on any atom is 0.191 e. The Balaban J connectivity index is 0.00000320. The van der Waals surface area contributed by atoms with E-state index in [2.05, 4.69) is 25.5 Å². The lowest BCUT2D eigenvalue weighted by molar-refractivity contribution is 0.198. The highest BCUT2D eigenvalue weighted by Crippen LogP contribution is 2.16. The molecule has 1 saturated heterocycles. The number of hydrogen-bond acceptors (Lipinski definition) is 3. The van der Waals surface area contributed by atoms with Crippen LogP contribution in [-0.2, 0) is 13.1 Å². The van der Waals surface area contributed by atoms with Crippen molar-refractivity contribution >= 4 is 29.9 Å². The van der Waals surface area contributed by atoms with E-state index < -0.39 is 11.6 Å². The van der Waals surface area contributed by atoms with E-state index in [1.165, 1.54) is 12.1 Å². The van der Waals surface area contributed by atoms with Gasteiger partial charge in [0.2, 0.25) is 0 Å². The summed E-state index contributed by atoms with van der Waals surface area (Å²) in [7, 11) is 0. The molecule has 0 spiro atoms. The molecule has 0 saturated carbocycles. The van der Waals surface area contributed by atoms with Crippen LogP contribution in [0, 0.1) is 18.6 Å². The molecule has 8 heteroatoms. The molecule has 0 aliphatic carbocycles.